The van der Waals surface area contributed by atoms with E-state index < -0.39 is 10.9 Å². The van der Waals surface area contributed by atoms with Crippen molar-refractivity contribution in [3.63, 3.8) is 0 Å². The van der Waals surface area contributed by atoms with E-state index >= 15 is 0 Å². The lowest BCUT2D eigenvalue weighted by atomic mass is 10.0. The molecular formula is C17H17N5O4. The number of nitrogens with one attached hydrogen (secondary N) is 1. The molecule has 1 aliphatic rings. The first-order chi connectivity index (χ1) is 12.5. The quantitative estimate of drug-likeness (QED) is 0.438. The summed E-state index contributed by atoms with van der Waals surface area (Å²) in [5, 5.41) is 12.2. The van der Waals surface area contributed by atoms with Crippen LogP contribution in [0.5, 0.6) is 0 Å². The molecule has 0 saturated carbocycles. The number of hydrogen-bond donors (Lipinski definition) is 1. The second-order valence-electron chi connectivity index (χ2n) is 6.27. The number of benzene rings is 1. The van der Waals surface area contributed by atoms with Gasteiger partial charge in [-0.3, -0.25) is 4.57 Å². The van der Waals surface area contributed by atoms with E-state index in [9.17, 15) is 14.9 Å². The zero-order chi connectivity index (χ0) is 18.4. The number of aromatic nitrogens is 3. The van der Waals surface area contributed by atoms with E-state index in [1.165, 1.54) is 13.4 Å². The van der Waals surface area contributed by atoms with Crippen LogP contribution in [0.1, 0.15) is 21.6 Å². The summed E-state index contributed by atoms with van der Waals surface area (Å²) in [5.41, 5.74) is 3.53. The molecule has 1 aromatic carbocycles. The minimum Gasteiger partial charge on any atom is -0.465 e. The van der Waals surface area contributed by atoms with Gasteiger partial charge in [-0.05, 0) is 28.1 Å². The maximum Gasteiger partial charge on any atom is 0.406 e. The zero-order valence-electron chi connectivity index (χ0n) is 14.4. The van der Waals surface area contributed by atoms with Crippen molar-refractivity contribution in [2.45, 2.75) is 13.0 Å². The Morgan fingerprint density at radius 1 is 1.42 bits per heavy atom. The van der Waals surface area contributed by atoms with Crippen molar-refractivity contribution in [2.24, 2.45) is 7.05 Å². The minimum atomic E-state index is -0.463. The van der Waals surface area contributed by atoms with Crippen molar-refractivity contribution in [1.29, 1.82) is 0 Å². The van der Waals surface area contributed by atoms with E-state index in [2.05, 4.69) is 9.97 Å². The summed E-state index contributed by atoms with van der Waals surface area (Å²) in [6.45, 7) is 1.14. The average Bonchev–Trinajstić information content (AvgIpc) is 3.20. The Morgan fingerprint density at radius 3 is 2.96 bits per heavy atom. The Hall–Kier alpha value is -3.36. The number of aromatic amines is 1. The lowest BCUT2D eigenvalue weighted by Gasteiger charge is -2.28. The summed E-state index contributed by atoms with van der Waals surface area (Å²) in [6, 6.07) is 5.38. The first-order valence-corrected chi connectivity index (χ1v) is 8.12. The number of esters is 1. The molecule has 0 amide bonds. The van der Waals surface area contributed by atoms with Gasteiger partial charge in [-0.2, -0.15) is 0 Å². The van der Waals surface area contributed by atoms with Crippen molar-refractivity contribution in [1.82, 2.24) is 14.5 Å². The Balaban J connectivity index is 1.77. The van der Waals surface area contributed by atoms with Crippen molar-refractivity contribution in [3.8, 4) is 0 Å². The molecule has 9 nitrogen and oxygen atoms in total. The topological polar surface area (TPSA) is 106 Å². The Labute approximate surface area is 148 Å². The van der Waals surface area contributed by atoms with Gasteiger partial charge >= 0.3 is 11.8 Å². The van der Waals surface area contributed by atoms with E-state index in [1.807, 2.05) is 11.0 Å². The van der Waals surface area contributed by atoms with Crippen LogP contribution in [0.25, 0.3) is 10.9 Å². The molecular weight excluding hydrogens is 338 g/mol. The second kappa shape index (κ2) is 5.87. The fourth-order valence-electron chi connectivity index (χ4n) is 3.54. The molecule has 0 spiro atoms. The molecule has 134 valence electrons. The normalized spacial score (nSPS) is 13.7. The molecule has 0 radical (unpaired) electrons. The highest BCUT2D eigenvalue weighted by atomic mass is 16.6. The van der Waals surface area contributed by atoms with Gasteiger partial charge in [0.25, 0.3) is 0 Å². The van der Waals surface area contributed by atoms with Crippen molar-refractivity contribution in [2.75, 3.05) is 18.6 Å². The predicted molar refractivity (Wildman–Crippen MR) is 94.3 cm³/mol. The van der Waals surface area contributed by atoms with Gasteiger partial charge in [0.15, 0.2) is 0 Å². The molecule has 0 aliphatic carbocycles. The number of carbonyl (C=O) groups is 1. The van der Waals surface area contributed by atoms with Gasteiger partial charge in [0.05, 0.1) is 12.7 Å². The van der Waals surface area contributed by atoms with Gasteiger partial charge in [-0.25, -0.2) is 4.79 Å². The summed E-state index contributed by atoms with van der Waals surface area (Å²) < 4.78 is 6.46. The SMILES string of the molecule is COC(=O)c1ccc2[nH]c3c(c2c1)CN(c1c([N+](=O)[O-])ncn1C)CC3. The highest BCUT2D eigenvalue weighted by Crippen LogP contribution is 2.34. The third kappa shape index (κ3) is 2.40. The van der Waals surface area contributed by atoms with Crippen LogP contribution >= 0.6 is 0 Å². The van der Waals surface area contributed by atoms with E-state index in [0.717, 1.165) is 28.6 Å². The number of methoxy groups -OCH3 is 1. The van der Waals surface area contributed by atoms with Gasteiger partial charge in [0.2, 0.25) is 12.1 Å². The second-order valence-corrected chi connectivity index (χ2v) is 6.27. The summed E-state index contributed by atoms with van der Waals surface area (Å²) in [6.07, 6.45) is 2.17. The molecule has 2 aromatic heterocycles. The number of carbonyl (C=O) groups excluding carboxylic acids is 1. The van der Waals surface area contributed by atoms with E-state index in [0.29, 0.717) is 24.5 Å². The number of anilines is 1. The van der Waals surface area contributed by atoms with Crippen LogP contribution in [-0.2, 0) is 24.8 Å². The van der Waals surface area contributed by atoms with Crippen molar-refractivity contribution < 1.29 is 14.5 Å². The molecule has 9 heteroatoms. The minimum absolute atomic E-state index is 0.147. The molecule has 0 atom stereocenters. The van der Waals surface area contributed by atoms with E-state index in [1.54, 1.807) is 23.7 Å². The van der Waals surface area contributed by atoms with Gasteiger partial charge in [-0.1, -0.05) is 0 Å². The van der Waals surface area contributed by atoms with Gasteiger partial charge in [-0.15, -0.1) is 0 Å². The number of fused-ring (bicyclic) bond motifs is 3. The van der Waals surface area contributed by atoms with E-state index in [4.69, 9.17) is 4.74 Å². The molecule has 1 N–H and O–H groups in total. The maximum atomic E-state index is 11.8. The number of hydrogen-bond acceptors (Lipinski definition) is 6. The molecule has 0 unspecified atom stereocenters. The maximum absolute atomic E-state index is 11.8. The number of H-pyrrole nitrogens is 1. The number of nitrogens with zero attached hydrogens (tertiary/aromatic N) is 4. The van der Waals surface area contributed by atoms with Crippen LogP contribution in [0.4, 0.5) is 11.6 Å². The van der Waals surface area contributed by atoms with Crippen LogP contribution in [0.3, 0.4) is 0 Å². The lowest BCUT2D eigenvalue weighted by Crippen LogP contribution is -2.32. The highest BCUT2D eigenvalue weighted by molar-refractivity contribution is 5.96. The lowest BCUT2D eigenvalue weighted by molar-refractivity contribution is -0.388. The number of imidazole rings is 1. The number of ether oxygens (including phenoxy) is 1. The number of aryl methyl sites for hydroxylation is 1. The Bertz CT molecular complexity index is 1040. The van der Waals surface area contributed by atoms with E-state index in [-0.39, 0.29) is 5.82 Å². The van der Waals surface area contributed by atoms with Crippen LogP contribution in [-0.4, -0.2) is 39.1 Å². The number of nitro groups is 1. The molecule has 3 aromatic rings. The summed E-state index contributed by atoms with van der Waals surface area (Å²) in [4.78, 5) is 31.9. The fraction of sp³-hybridized carbons (Fsp3) is 0.294. The summed E-state index contributed by atoms with van der Waals surface area (Å²) in [7, 11) is 3.10. The first-order valence-electron chi connectivity index (χ1n) is 8.12. The summed E-state index contributed by atoms with van der Waals surface area (Å²) >= 11 is 0. The monoisotopic (exact) mass is 355 g/mol. The molecule has 0 fully saturated rings. The zero-order valence-corrected chi connectivity index (χ0v) is 14.4. The largest absolute Gasteiger partial charge is 0.465 e. The number of rotatable bonds is 3. The van der Waals surface area contributed by atoms with Gasteiger partial charge in [0, 0.05) is 48.7 Å². The molecule has 1 aliphatic heterocycles. The smallest absolute Gasteiger partial charge is 0.406 e. The molecule has 3 heterocycles. The molecule has 0 saturated heterocycles. The third-order valence-electron chi connectivity index (χ3n) is 4.76. The van der Waals surface area contributed by atoms with Crippen molar-refractivity contribution >= 4 is 28.5 Å². The predicted octanol–water partition coefficient (Wildman–Crippen LogP) is 2.16. The van der Waals surface area contributed by atoms with Crippen molar-refractivity contribution in [3.05, 3.63) is 51.5 Å². The standard InChI is InChI=1S/C17H17N5O4/c1-20-9-18-15(22(24)25)16(20)21-6-5-14-12(8-21)11-7-10(17(23)26-2)3-4-13(11)19-14/h3-4,7,9,19H,5-6,8H2,1-2H3. The van der Waals surface area contributed by atoms with Crippen LogP contribution in [0.15, 0.2) is 24.5 Å². The molecule has 0 bridgehead atoms. The van der Waals surface area contributed by atoms with Gasteiger partial charge < -0.3 is 24.7 Å². The average molecular weight is 355 g/mol. The Kier molecular flexibility index (Phi) is 3.64. The fourth-order valence-corrected chi connectivity index (χ4v) is 3.54. The molecule has 26 heavy (non-hydrogen) atoms. The van der Waals surface area contributed by atoms with Crippen LogP contribution < -0.4 is 4.90 Å². The third-order valence-corrected chi connectivity index (χ3v) is 4.76. The van der Waals surface area contributed by atoms with Crippen LogP contribution in [0, 0.1) is 10.1 Å². The summed E-state index contributed by atoms with van der Waals surface area (Å²) in [5.74, 6) is -0.0537. The Morgan fingerprint density at radius 2 is 2.23 bits per heavy atom. The first kappa shape index (κ1) is 16.1. The molecule has 4 rings (SSSR count). The van der Waals surface area contributed by atoms with Crippen LogP contribution in [0.2, 0.25) is 0 Å². The highest BCUT2D eigenvalue weighted by Gasteiger charge is 2.29. The van der Waals surface area contributed by atoms with Gasteiger partial charge in [0.1, 0.15) is 0 Å².